The van der Waals surface area contributed by atoms with Gasteiger partial charge in [0.15, 0.2) is 0 Å². The van der Waals surface area contributed by atoms with Gasteiger partial charge in [-0.2, -0.15) is 0 Å². The van der Waals surface area contributed by atoms with Gasteiger partial charge in [0, 0.05) is 19.5 Å². The number of aliphatic hydroxyl groups excluding tert-OH is 1. The van der Waals surface area contributed by atoms with Crippen molar-refractivity contribution in [1.29, 1.82) is 0 Å². The van der Waals surface area contributed by atoms with Gasteiger partial charge >= 0.3 is 12.1 Å². The average molecular weight is 370 g/mol. The lowest BCUT2D eigenvalue weighted by Crippen LogP contribution is -2.48. The molecule has 1 heterocycles. The number of rotatable bonds is 5. The third-order valence-corrected chi connectivity index (χ3v) is 5.05. The van der Waals surface area contributed by atoms with Gasteiger partial charge in [-0.25, -0.2) is 9.59 Å². The number of esters is 1. The Morgan fingerprint density at radius 3 is 2.42 bits per heavy atom. The molecule has 2 unspecified atom stereocenters. The summed E-state index contributed by atoms with van der Waals surface area (Å²) in [5, 5.41) is 12.7. The molecule has 2 N–H and O–H groups in total. The minimum Gasteiger partial charge on any atom is -0.467 e. The summed E-state index contributed by atoms with van der Waals surface area (Å²) in [6.45, 7) is 6.12. The van der Waals surface area contributed by atoms with Crippen LogP contribution in [0.15, 0.2) is 0 Å². The fourth-order valence-corrected chi connectivity index (χ4v) is 3.26. The van der Waals surface area contributed by atoms with Gasteiger partial charge in [-0.15, -0.1) is 0 Å². The Hall–Kier alpha value is -1.83. The van der Waals surface area contributed by atoms with Crippen LogP contribution in [-0.4, -0.2) is 65.9 Å². The maximum atomic E-state index is 12.4. The van der Waals surface area contributed by atoms with E-state index < -0.39 is 29.8 Å². The molecule has 2 aliphatic rings. The highest BCUT2D eigenvalue weighted by molar-refractivity contribution is 5.83. The Balaban J connectivity index is 1.85. The van der Waals surface area contributed by atoms with Crippen LogP contribution < -0.4 is 5.32 Å². The first kappa shape index (κ1) is 20.5. The highest BCUT2D eigenvalue weighted by atomic mass is 16.6. The number of piperidine rings is 1. The fraction of sp³-hybridized carbons (Fsp3) is 0.833. The van der Waals surface area contributed by atoms with E-state index in [0.717, 1.165) is 19.3 Å². The second-order valence-corrected chi connectivity index (χ2v) is 8.23. The van der Waals surface area contributed by atoms with Gasteiger partial charge in [0.2, 0.25) is 5.91 Å². The number of β-amino-alcohol motifs (C(OH)–C–C–N with tert-alkyl or cyclic N) is 1. The zero-order valence-electron chi connectivity index (χ0n) is 16.0. The molecule has 0 aromatic heterocycles. The van der Waals surface area contributed by atoms with E-state index in [4.69, 9.17) is 9.47 Å². The van der Waals surface area contributed by atoms with Crippen LogP contribution in [0.2, 0.25) is 0 Å². The zero-order chi connectivity index (χ0) is 19.5. The molecule has 0 aromatic carbocycles. The maximum Gasteiger partial charge on any atom is 0.408 e. The van der Waals surface area contributed by atoms with Crippen LogP contribution in [0.1, 0.15) is 52.9 Å². The van der Waals surface area contributed by atoms with Crippen LogP contribution in [0.4, 0.5) is 4.79 Å². The standard InChI is InChI=1S/C18H30N2O6/c1-17(2,3)26-16(24)19-12(15(23)25-4)5-6-14(22)20-10-9-18(7-8-18)13(21)11-20/h12-13,21H,5-11H2,1-4H3,(H,19,24). The van der Waals surface area contributed by atoms with E-state index in [1.54, 1.807) is 25.7 Å². The molecule has 1 saturated carbocycles. The molecule has 0 aromatic rings. The normalized spacial score (nSPS) is 22.5. The molecule has 1 saturated heterocycles. The summed E-state index contributed by atoms with van der Waals surface area (Å²) in [7, 11) is 1.23. The second-order valence-electron chi connectivity index (χ2n) is 8.23. The van der Waals surface area contributed by atoms with Crippen LogP contribution in [0.5, 0.6) is 0 Å². The number of hydrogen-bond donors (Lipinski definition) is 2. The van der Waals surface area contributed by atoms with E-state index in [1.165, 1.54) is 7.11 Å². The number of likely N-dealkylation sites (tertiary alicyclic amines) is 1. The molecule has 1 aliphatic heterocycles. The predicted molar refractivity (Wildman–Crippen MR) is 93.3 cm³/mol. The Morgan fingerprint density at radius 2 is 1.92 bits per heavy atom. The van der Waals surface area contributed by atoms with E-state index in [1.807, 2.05) is 0 Å². The molecule has 2 fully saturated rings. The van der Waals surface area contributed by atoms with Crippen molar-refractivity contribution in [3.05, 3.63) is 0 Å². The lowest BCUT2D eigenvalue weighted by Gasteiger charge is -2.36. The van der Waals surface area contributed by atoms with E-state index in [0.29, 0.717) is 13.1 Å². The zero-order valence-corrected chi connectivity index (χ0v) is 16.0. The number of hydrogen-bond acceptors (Lipinski definition) is 6. The van der Waals surface area contributed by atoms with Gasteiger partial charge in [0.05, 0.1) is 13.2 Å². The highest BCUT2D eigenvalue weighted by Crippen LogP contribution is 2.53. The third-order valence-electron chi connectivity index (χ3n) is 5.05. The summed E-state index contributed by atoms with van der Waals surface area (Å²) in [6, 6.07) is -0.955. The molecule has 2 rings (SSSR count). The first-order valence-electron chi connectivity index (χ1n) is 9.09. The SMILES string of the molecule is COC(=O)C(CCC(=O)N1CCC2(CC2)C(O)C1)NC(=O)OC(C)(C)C. The molecule has 1 aliphatic carbocycles. The lowest BCUT2D eigenvalue weighted by atomic mass is 9.90. The van der Waals surface area contributed by atoms with Gasteiger partial charge in [0.1, 0.15) is 11.6 Å². The molecule has 2 amide bonds. The molecule has 2 atom stereocenters. The summed E-state index contributed by atoms with van der Waals surface area (Å²) in [6.07, 6.45) is 1.86. The Kier molecular flexibility index (Phi) is 6.16. The summed E-state index contributed by atoms with van der Waals surface area (Å²) < 4.78 is 9.84. The van der Waals surface area contributed by atoms with Crippen molar-refractivity contribution >= 4 is 18.0 Å². The number of nitrogens with zero attached hydrogens (tertiary/aromatic N) is 1. The Bertz CT molecular complexity index is 552. The number of carbonyl (C=O) groups excluding carboxylic acids is 3. The van der Waals surface area contributed by atoms with Crippen LogP contribution in [0.3, 0.4) is 0 Å². The third kappa shape index (κ3) is 5.33. The van der Waals surface area contributed by atoms with Crippen molar-refractivity contribution in [2.24, 2.45) is 5.41 Å². The van der Waals surface area contributed by atoms with Crippen molar-refractivity contribution < 1.29 is 29.0 Å². The van der Waals surface area contributed by atoms with E-state index in [9.17, 15) is 19.5 Å². The summed E-state index contributed by atoms with van der Waals surface area (Å²) >= 11 is 0. The quantitative estimate of drug-likeness (QED) is 0.705. The van der Waals surface area contributed by atoms with Gasteiger partial charge in [-0.1, -0.05) is 0 Å². The number of amides is 2. The van der Waals surface area contributed by atoms with Crippen molar-refractivity contribution in [3.8, 4) is 0 Å². The first-order valence-corrected chi connectivity index (χ1v) is 9.09. The second kappa shape index (κ2) is 7.82. The molecule has 8 nitrogen and oxygen atoms in total. The van der Waals surface area contributed by atoms with Crippen LogP contribution in [-0.2, 0) is 19.1 Å². The van der Waals surface area contributed by atoms with Gasteiger partial charge in [-0.05, 0) is 51.9 Å². The minimum absolute atomic E-state index is 0.0314. The smallest absolute Gasteiger partial charge is 0.408 e. The number of carbonyl (C=O) groups is 3. The number of aliphatic hydroxyl groups is 1. The summed E-state index contributed by atoms with van der Waals surface area (Å²) in [5.41, 5.74) is -0.660. The van der Waals surface area contributed by atoms with E-state index in [2.05, 4.69) is 5.32 Å². The number of methoxy groups -OCH3 is 1. The van der Waals surface area contributed by atoms with Gasteiger partial charge in [0.25, 0.3) is 0 Å². The first-order chi connectivity index (χ1) is 12.1. The van der Waals surface area contributed by atoms with Crippen LogP contribution in [0.25, 0.3) is 0 Å². The molecule has 0 radical (unpaired) electrons. The van der Waals surface area contributed by atoms with E-state index >= 15 is 0 Å². The lowest BCUT2D eigenvalue weighted by molar-refractivity contribution is -0.143. The molecule has 148 valence electrons. The summed E-state index contributed by atoms with van der Waals surface area (Å²) in [4.78, 5) is 37.8. The molecular weight excluding hydrogens is 340 g/mol. The number of alkyl carbamates (subject to hydrolysis) is 1. The largest absolute Gasteiger partial charge is 0.467 e. The molecule has 26 heavy (non-hydrogen) atoms. The summed E-state index contributed by atoms with van der Waals surface area (Å²) in [5.74, 6) is -0.765. The molecule has 0 bridgehead atoms. The van der Waals surface area contributed by atoms with Crippen molar-refractivity contribution in [1.82, 2.24) is 10.2 Å². The van der Waals surface area contributed by atoms with Crippen LogP contribution >= 0.6 is 0 Å². The maximum absolute atomic E-state index is 12.4. The molecule has 8 heteroatoms. The monoisotopic (exact) mass is 370 g/mol. The average Bonchev–Trinajstić information content (AvgIpc) is 3.32. The van der Waals surface area contributed by atoms with Gasteiger partial charge in [-0.3, -0.25) is 4.79 Å². The van der Waals surface area contributed by atoms with E-state index in [-0.39, 0.29) is 24.2 Å². The van der Waals surface area contributed by atoms with Crippen molar-refractivity contribution in [2.75, 3.05) is 20.2 Å². The van der Waals surface area contributed by atoms with Crippen LogP contribution in [0, 0.1) is 5.41 Å². The van der Waals surface area contributed by atoms with Crippen molar-refractivity contribution in [2.45, 2.75) is 70.6 Å². The highest BCUT2D eigenvalue weighted by Gasteiger charge is 2.51. The number of ether oxygens (including phenoxy) is 2. The van der Waals surface area contributed by atoms with Crippen molar-refractivity contribution in [3.63, 3.8) is 0 Å². The molecular formula is C18H30N2O6. The minimum atomic E-state index is -0.955. The fourth-order valence-electron chi connectivity index (χ4n) is 3.26. The Morgan fingerprint density at radius 1 is 1.27 bits per heavy atom. The Labute approximate surface area is 154 Å². The number of nitrogens with one attached hydrogen (secondary N) is 1. The van der Waals surface area contributed by atoms with Gasteiger partial charge < -0.3 is 24.8 Å². The predicted octanol–water partition coefficient (Wildman–Crippen LogP) is 1.21. The topological polar surface area (TPSA) is 105 Å². The molecule has 1 spiro atoms.